The van der Waals surface area contributed by atoms with Crippen LogP contribution in [-0.2, 0) is 11.2 Å². The van der Waals surface area contributed by atoms with Gasteiger partial charge >= 0.3 is 0 Å². The van der Waals surface area contributed by atoms with Crippen LogP contribution in [0.25, 0.3) is 0 Å². The lowest BCUT2D eigenvalue weighted by Crippen LogP contribution is -2.33. The lowest BCUT2D eigenvalue weighted by atomic mass is 9.82. The molecule has 140 valence electrons. The molecule has 2 heterocycles. The fraction of sp³-hybridized carbons (Fsp3) is 0.522. The fourth-order valence-electron chi connectivity index (χ4n) is 4.00. The van der Waals surface area contributed by atoms with Gasteiger partial charge in [0.15, 0.2) is 0 Å². The molecule has 26 heavy (non-hydrogen) atoms. The van der Waals surface area contributed by atoms with E-state index in [4.69, 9.17) is 4.74 Å². The lowest BCUT2D eigenvalue weighted by Gasteiger charge is -2.31. The molecule has 0 N–H and O–H groups in total. The van der Waals surface area contributed by atoms with Crippen LogP contribution < -0.4 is 0 Å². The number of ether oxygens (including phenoxy) is 1. The van der Waals surface area contributed by atoms with Crippen molar-refractivity contribution < 1.29 is 4.74 Å². The minimum atomic E-state index is 0.262. The molecule has 0 aliphatic carbocycles. The number of likely N-dealkylation sites (tertiary alicyclic amines) is 1. The fourth-order valence-corrected chi connectivity index (χ4v) is 4.00. The summed E-state index contributed by atoms with van der Waals surface area (Å²) >= 11 is 0. The van der Waals surface area contributed by atoms with Gasteiger partial charge in [-0.15, -0.1) is 0 Å². The van der Waals surface area contributed by atoms with E-state index in [9.17, 15) is 0 Å². The third kappa shape index (κ3) is 4.72. The molecule has 2 aromatic rings. The molecule has 0 bridgehead atoms. The van der Waals surface area contributed by atoms with Gasteiger partial charge in [-0.2, -0.15) is 0 Å². The van der Waals surface area contributed by atoms with E-state index in [0.29, 0.717) is 6.04 Å². The number of aryl methyl sites for hydroxylation is 2. The zero-order valence-electron chi connectivity index (χ0n) is 16.4. The SMILES string of the molecule is CCOCC1(CCc2ccccc2)CCN(C(C)c2ccc(C)nc2)C1. The molecule has 2 atom stereocenters. The second-order valence-corrected chi connectivity index (χ2v) is 7.75. The molecule has 0 amide bonds. The Morgan fingerprint density at radius 2 is 2.00 bits per heavy atom. The molecule has 1 aromatic heterocycles. The quantitative estimate of drug-likeness (QED) is 0.681. The van der Waals surface area contributed by atoms with Gasteiger partial charge in [-0.25, -0.2) is 0 Å². The van der Waals surface area contributed by atoms with Crippen molar-refractivity contribution in [1.29, 1.82) is 0 Å². The molecule has 3 nitrogen and oxygen atoms in total. The minimum absolute atomic E-state index is 0.262. The first-order valence-electron chi connectivity index (χ1n) is 9.90. The largest absolute Gasteiger partial charge is 0.381 e. The van der Waals surface area contributed by atoms with Crippen molar-refractivity contribution in [2.24, 2.45) is 5.41 Å². The van der Waals surface area contributed by atoms with Crippen LogP contribution in [0, 0.1) is 12.3 Å². The standard InChI is InChI=1S/C23H32N2O/c1-4-26-18-23(13-12-21-8-6-5-7-9-21)14-15-25(17-23)20(3)22-11-10-19(2)24-16-22/h5-11,16,20H,4,12-15,17-18H2,1-3H3. The van der Waals surface area contributed by atoms with Crippen LogP contribution in [0.4, 0.5) is 0 Å². The molecule has 0 saturated carbocycles. The highest BCUT2D eigenvalue weighted by Crippen LogP contribution is 2.39. The molecule has 0 radical (unpaired) electrons. The Kier molecular flexibility index (Phi) is 6.44. The van der Waals surface area contributed by atoms with Crippen molar-refractivity contribution in [2.75, 3.05) is 26.3 Å². The maximum Gasteiger partial charge on any atom is 0.0535 e. The lowest BCUT2D eigenvalue weighted by molar-refractivity contribution is 0.0466. The van der Waals surface area contributed by atoms with Crippen LogP contribution in [-0.4, -0.2) is 36.2 Å². The first-order valence-corrected chi connectivity index (χ1v) is 9.90. The monoisotopic (exact) mass is 352 g/mol. The summed E-state index contributed by atoms with van der Waals surface area (Å²) in [7, 11) is 0. The van der Waals surface area contributed by atoms with E-state index in [-0.39, 0.29) is 5.41 Å². The predicted molar refractivity (Wildman–Crippen MR) is 107 cm³/mol. The molecular weight excluding hydrogens is 320 g/mol. The summed E-state index contributed by atoms with van der Waals surface area (Å²) in [5, 5.41) is 0. The number of aromatic nitrogens is 1. The van der Waals surface area contributed by atoms with E-state index in [1.807, 2.05) is 13.1 Å². The Morgan fingerprint density at radius 3 is 2.69 bits per heavy atom. The number of hydrogen-bond donors (Lipinski definition) is 0. The first-order chi connectivity index (χ1) is 12.6. The van der Waals surface area contributed by atoms with E-state index < -0.39 is 0 Å². The van der Waals surface area contributed by atoms with Gasteiger partial charge in [0.25, 0.3) is 0 Å². The maximum absolute atomic E-state index is 5.92. The highest BCUT2D eigenvalue weighted by molar-refractivity contribution is 5.18. The van der Waals surface area contributed by atoms with Crippen LogP contribution in [0.5, 0.6) is 0 Å². The number of pyridine rings is 1. The minimum Gasteiger partial charge on any atom is -0.381 e. The van der Waals surface area contributed by atoms with Gasteiger partial charge in [0.1, 0.15) is 0 Å². The number of nitrogens with zero attached hydrogens (tertiary/aromatic N) is 2. The Hall–Kier alpha value is -1.71. The van der Waals surface area contributed by atoms with E-state index in [0.717, 1.165) is 38.4 Å². The number of hydrogen-bond acceptors (Lipinski definition) is 3. The highest BCUT2D eigenvalue weighted by atomic mass is 16.5. The van der Waals surface area contributed by atoms with Crippen molar-refractivity contribution in [3.8, 4) is 0 Å². The third-order valence-electron chi connectivity index (χ3n) is 5.83. The average Bonchev–Trinajstić information content (AvgIpc) is 3.10. The Balaban J connectivity index is 1.67. The summed E-state index contributed by atoms with van der Waals surface area (Å²) in [6, 6.07) is 15.6. The van der Waals surface area contributed by atoms with Crippen molar-refractivity contribution in [3.63, 3.8) is 0 Å². The second-order valence-electron chi connectivity index (χ2n) is 7.75. The Labute approximate surface area is 158 Å². The molecule has 2 unspecified atom stereocenters. The number of rotatable bonds is 8. The van der Waals surface area contributed by atoms with E-state index in [1.165, 1.54) is 24.0 Å². The zero-order valence-corrected chi connectivity index (χ0v) is 16.4. The molecule has 1 saturated heterocycles. The average molecular weight is 353 g/mol. The summed E-state index contributed by atoms with van der Waals surface area (Å²) in [6.45, 7) is 10.3. The summed E-state index contributed by atoms with van der Waals surface area (Å²) in [5.41, 5.74) is 4.08. The third-order valence-corrected chi connectivity index (χ3v) is 5.83. The molecule has 1 aliphatic rings. The molecule has 0 spiro atoms. The smallest absolute Gasteiger partial charge is 0.0535 e. The van der Waals surface area contributed by atoms with Crippen molar-refractivity contribution in [2.45, 2.75) is 46.1 Å². The molecule has 1 fully saturated rings. The normalized spacial score (nSPS) is 21.8. The Bertz CT molecular complexity index is 670. The van der Waals surface area contributed by atoms with Crippen molar-refractivity contribution in [1.82, 2.24) is 9.88 Å². The summed E-state index contributed by atoms with van der Waals surface area (Å²) < 4.78 is 5.92. The van der Waals surface area contributed by atoms with E-state index in [2.05, 4.69) is 66.2 Å². The van der Waals surface area contributed by atoms with Gasteiger partial charge < -0.3 is 4.74 Å². The van der Waals surface area contributed by atoms with Crippen LogP contribution in [0.1, 0.15) is 49.6 Å². The van der Waals surface area contributed by atoms with Crippen LogP contribution in [0.3, 0.4) is 0 Å². The van der Waals surface area contributed by atoms with Crippen molar-refractivity contribution in [3.05, 3.63) is 65.5 Å². The van der Waals surface area contributed by atoms with Gasteiger partial charge in [0, 0.05) is 36.5 Å². The highest BCUT2D eigenvalue weighted by Gasteiger charge is 2.39. The zero-order chi connectivity index (χ0) is 18.4. The number of benzene rings is 1. The maximum atomic E-state index is 5.92. The summed E-state index contributed by atoms with van der Waals surface area (Å²) in [6.07, 6.45) is 5.56. The van der Waals surface area contributed by atoms with Crippen LogP contribution in [0.15, 0.2) is 48.7 Å². The molecule has 3 heteroatoms. The molecule has 3 rings (SSSR count). The topological polar surface area (TPSA) is 25.4 Å². The van der Waals surface area contributed by atoms with Crippen molar-refractivity contribution >= 4 is 0 Å². The van der Waals surface area contributed by atoms with Gasteiger partial charge in [-0.3, -0.25) is 9.88 Å². The van der Waals surface area contributed by atoms with Gasteiger partial charge in [-0.05, 0) is 63.8 Å². The van der Waals surface area contributed by atoms with Gasteiger partial charge in [0.05, 0.1) is 6.61 Å². The van der Waals surface area contributed by atoms with Gasteiger partial charge in [0.2, 0.25) is 0 Å². The second kappa shape index (κ2) is 8.79. The first kappa shape index (κ1) is 19.1. The van der Waals surface area contributed by atoms with E-state index >= 15 is 0 Å². The van der Waals surface area contributed by atoms with Crippen LogP contribution in [0.2, 0.25) is 0 Å². The van der Waals surface area contributed by atoms with Gasteiger partial charge in [-0.1, -0.05) is 36.4 Å². The van der Waals surface area contributed by atoms with Crippen LogP contribution >= 0.6 is 0 Å². The molecule has 1 aliphatic heterocycles. The summed E-state index contributed by atoms with van der Waals surface area (Å²) in [5.74, 6) is 0. The molecule has 1 aromatic carbocycles. The van der Waals surface area contributed by atoms with E-state index in [1.54, 1.807) is 0 Å². The molecular formula is C23H32N2O. The predicted octanol–water partition coefficient (Wildman–Crippen LogP) is 4.81. The Morgan fingerprint density at radius 1 is 1.19 bits per heavy atom. The summed E-state index contributed by atoms with van der Waals surface area (Å²) in [4.78, 5) is 7.09.